The van der Waals surface area contributed by atoms with Crippen molar-refractivity contribution < 1.29 is 17.9 Å². The first-order valence-electron chi connectivity index (χ1n) is 9.75. The number of alkyl halides is 3. The van der Waals surface area contributed by atoms with Gasteiger partial charge in [-0.3, -0.25) is 0 Å². The molecule has 0 bridgehead atoms. The summed E-state index contributed by atoms with van der Waals surface area (Å²) in [7, 11) is 0. The van der Waals surface area contributed by atoms with E-state index >= 15 is 0 Å². The van der Waals surface area contributed by atoms with Crippen LogP contribution in [0.3, 0.4) is 0 Å². The monoisotopic (exact) mass is 392 g/mol. The number of hydrogen-bond donors (Lipinski definition) is 0. The van der Waals surface area contributed by atoms with E-state index in [1.165, 1.54) is 39.1 Å². The summed E-state index contributed by atoms with van der Waals surface area (Å²) in [6.07, 6.45) is 2.01. The van der Waals surface area contributed by atoms with Crippen molar-refractivity contribution in [2.45, 2.75) is 31.5 Å². The number of para-hydroxylation sites is 1. The van der Waals surface area contributed by atoms with Gasteiger partial charge in [-0.1, -0.05) is 72.3 Å². The summed E-state index contributed by atoms with van der Waals surface area (Å²) in [5.74, 6) is -0.227. The van der Waals surface area contributed by atoms with Gasteiger partial charge in [0.1, 0.15) is 5.75 Å². The summed E-state index contributed by atoms with van der Waals surface area (Å²) < 4.78 is 42.7. The average Bonchev–Trinajstić information content (AvgIpc) is 2.72. The number of allylic oxidation sites excluding steroid dienone is 4. The number of fused-ring (bicyclic) bond motifs is 4. The van der Waals surface area contributed by atoms with Crippen LogP contribution in [0.5, 0.6) is 5.75 Å². The smallest absolute Gasteiger partial charge is 0.405 e. The van der Waals surface area contributed by atoms with Crippen molar-refractivity contribution in [2.24, 2.45) is 0 Å². The van der Waals surface area contributed by atoms with Crippen molar-refractivity contribution in [3.05, 3.63) is 95.1 Å². The Hall–Kier alpha value is -3.01. The van der Waals surface area contributed by atoms with Crippen molar-refractivity contribution in [1.29, 1.82) is 0 Å². The van der Waals surface area contributed by atoms with Gasteiger partial charge < -0.3 is 4.74 Å². The Morgan fingerprint density at radius 2 is 1.66 bits per heavy atom. The van der Waals surface area contributed by atoms with Crippen LogP contribution >= 0.6 is 0 Å². The molecular weight excluding hydrogens is 373 g/mol. The molecule has 0 radical (unpaired) electrons. The number of benzene rings is 3. The van der Waals surface area contributed by atoms with E-state index in [0.29, 0.717) is 5.56 Å². The molecule has 2 aliphatic carbocycles. The van der Waals surface area contributed by atoms with Crippen molar-refractivity contribution in [2.75, 3.05) is 0 Å². The lowest BCUT2D eigenvalue weighted by Crippen LogP contribution is -2.19. The number of halogens is 3. The number of hydrogen-bond acceptors (Lipinski definition) is 1. The van der Waals surface area contributed by atoms with Crippen molar-refractivity contribution in [1.82, 2.24) is 0 Å². The molecule has 0 aromatic heterocycles. The molecule has 0 fully saturated rings. The predicted octanol–water partition coefficient (Wildman–Crippen LogP) is 7.18. The maximum absolute atomic E-state index is 12.8. The van der Waals surface area contributed by atoms with Crippen LogP contribution in [-0.4, -0.2) is 6.36 Å². The molecule has 0 spiro atoms. The fourth-order valence-corrected chi connectivity index (χ4v) is 4.64. The molecule has 0 aliphatic heterocycles. The van der Waals surface area contributed by atoms with Gasteiger partial charge in [0.2, 0.25) is 0 Å². The number of rotatable bonds is 2. The molecule has 3 aromatic rings. The minimum Gasteiger partial charge on any atom is -0.405 e. The molecule has 2 aliphatic rings. The van der Waals surface area contributed by atoms with Gasteiger partial charge in [0, 0.05) is 11.5 Å². The Labute approximate surface area is 167 Å². The lowest BCUT2D eigenvalue weighted by molar-refractivity contribution is -0.274. The molecule has 3 aromatic carbocycles. The first-order valence-corrected chi connectivity index (χ1v) is 9.75. The van der Waals surface area contributed by atoms with Gasteiger partial charge in [-0.2, -0.15) is 0 Å². The van der Waals surface area contributed by atoms with Gasteiger partial charge in [-0.15, -0.1) is 13.2 Å². The summed E-state index contributed by atoms with van der Waals surface area (Å²) in [4.78, 5) is 0. The zero-order valence-corrected chi connectivity index (χ0v) is 15.7. The highest BCUT2D eigenvalue weighted by Crippen LogP contribution is 2.45. The van der Waals surface area contributed by atoms with Crippen LogP contribution in [0.4, 0.5) is 13.2 Å². The van der Waals surface area contributed by atoms with Gasteiger partial charge in [0.25, 0.3) is 0 Å². The van der Waals surface area contributed by atoms with Crippen molar-refractivity contribution >= 4 is 16.3 Å². The van der Waals surface area contributed by atoms with Crippen LogP contribution in [0.2, 0.25) is 0 Å². The second-order valence-electron chi connectivity index (χ2n) is 7.59. The minimum absolute atomic E-state index is 0.110. The van der Waals surface area contributed by atoms with Crippen LogP contribution < -0.4 is 4.74 Å². The Balaban J connectivity index is 1.50. The summed E-state index contributed by atoms with van der Waals surface area (Å²) >= 11 is 0. The first-order chi connectivity index (χ1) is 14.0. The Morgan fingerprint density at radius 3 is 2.52 bits per heavy atom. The molecule has 1 atom stereocenters. The summed E-state index contributed by atoms with van der Waals surface area (Å²) in [5, 5.41) is 2.53. The lowest BCUT2D eigenvalue weighted by Gasteiger charge is -2.29. The topological polar surface area (TPSA) is 9.23 Å². The SMILES string of the molecule is FC(F)(F)Oc1ccccc1C1C=CC2=C(CCc3c2ccc2ccccc32)C1. The highest BCUT2D eigenvalue weighted by molar-refractivity contribution is 5.94. The second-order valence-corrected chi connectivity index (χ2v) is 7.59. The molecule has 0 amide bonds. The van der Waals surface area contributed by atoms with E-state index in [-0.39, 0.29) is 11.7 Å². The van der Waals surface area contributed by atoms with E-state index in [1.54, 1.807) is 18.2 Å². The van der Waals surface area contributed by atoms with E-state index in [2.05, 4.69) is 41.1 Å². The fourth-order valence-electron chi connectivity index (χ4n) is 4.64. The third-order valence-corrected chi connectivity index (χ3v) is 5.89. The highest BCUT2D eigenvalue weighted by Gasteiger charge is 2.33. The minimum atomic E-state index is -4.69. The van der Waals surface area contributed by atoms with Crippen LogP contribution in [-0.2, 0) is 6.42 Å². The summed E-state index contributed by atoms with van der Waals surface area (Å²) in [6.45, 7) is 0. The molecule has 1 unspecified atom stereocenters. The van der Waals surface area contributed by atoms with Crippen molar-refractivity contribution in [3.63, 3.8) is 0 Å². The van der Waals surface area contributed by atoms with Gasteiger partial charge in [0.05, 0.1) is 0 Å². The van der Waals surface area contributed by atoms with Crippen molar-refractivity contribution in [3.8, 4) is 5.75 Å². The normalized spacial score (nSPS) is 18.5. The molecule has 0 saturated heterocycles. The van der Waals surface area contributed by atoms with Crippen LogP contribution in [0.15, 0.2) is 78.4 Å². The van der Waals surface area contributed by atoms with E-state index in [9.17, 15) is 13.2 Å². The molecule has 4 heteroatoms. The van der Waals surface area contributed by atoms with E-state index in [4.69, 9.17) is 0 Å². The maximum atomic E-state index is 12.8. The van der Waals surface area contributed by atoms with Gasteiger partial charge >= 0.3 is 6.36 Å². The quantitative estimate of drug-likeness (QED) is 0.449. The third kappa shape index (κ3) is 3.33. The average molecular weight is 392 g/mol. The summed E-state index contributed by atoms with van der Waals surface area (Å²) in [5.41, 5.74) is 5.73. The van der Waals surface area contributed by atoms with E-state index < -0.39 is 6.36 Å². The van der Waals surface area contributed by atoms with Crippen LogP contribution in [0.1, 0.15) is 35.4 Å². The molecule has 146 valence electrons. The Bertz CT molecular complexity index is 1150. The number of ether oxygens (including phenoxy) is 1. The van der Waals surface area contributed by atoms with Crippen LogP contribution in [0.25, 0.3) is 16.3 Å². The van der Waals surface area contributed by atoms with Crippen LogP contribution in [0, 0.1) is 0 Å². The Kier molecular flexibility index (Phi) is 4.23. The third-order valence-electron chi connectivity index (χ3n) is 5.89. The van der Waals surface area contributed by atoms with E-state index in [0.717, 1.165) is 19.3 Å². The number of aryl methyl sites for hydroxylation is 1. The zero-order chi connectivity index (χ0) is 20.0. The highest BCUT2D eigenvalue weighted by atomic mass is 19.4. The molecule has 0 heterocycles. The van der Waals surface area contributed by atoms with Gasteiger partial charge in [-0.05, 0) is 52.8 Å². The molecule has 5 rings (SSSR count). The molecule has 29 heavy (non-hydrogen) atoms. The zero-order valence-electron chi connectivity index (χ0n) is 15.7. The standard InChI is InChI=1S/C25H19F3O/c26-25(27,28)29-24-8-4-3-7-21(24)18-10-12-20-17(15-18)11-14-22-19-6-2-1-5-16(19)9-13-23(20)22/h1-10,12-13,18H,11,14-15H2. The Morgan fingerprint density at radius 1 is 0.862 bits per heavy atom. The van der Waals surface area contributed by atoms with Gasteiger partial charge in [0.15, 0.2) is 0 Å². The van der Waals surface area contributed by atoms with Gasteiger partial charge in [-0.25, -0.2) is 0 Å². The fraction of sp³-hybridized carbons (Fsp3) is 0.200. The second kappa shape index (κ2) is 6.80. The largest absolute Gasteiger partial charge is 0.573 e. The molecular formula is C25H19F3O. The predicted molar refractivity (Wildman–Crippen MR) is 109 cm³/mol. The summed E-state index contributed by atoms with van der Waals surface area (Å²) in [6, 6.07) is 19.2. The maximum Gasteiger partial charge on any atom is 0.573 e. The lowest BCUT2D eigenvalue weighted by atomic mass is 9.75. The molecule has 1 nitrogen and oxygen atoms in total. The van der Waals surface area contributed by atoms with E-state index in [1.807, 2.05) is 12.1 Å². The molecule has 0 saturated carbocycles. The molecule has 0 N–H and O–H groups in total. The first kappa shape index (κ1) is 18.0.